The second kappa shape index (κ2) is 4.19. The van der Waals surface area contributed by atoms with Gasteiger partial charge in [-0.15, -0.1) is 0 Å². The van der Waals surface area contributed by atoms with Crippen molar-refractivity contribution in [2.24, 2.45) is 5.92 Å². The summed E-state index contributed by atoms with van der Waals surface area (Å²) in [7, 11) is 0. The smallest absolute Gasteiger partial charge is 0.0241 e. The van der Waals surface area contributed by atoms with Crippen LogP contribution in [0.25, 0.3) is 0 Å². The molecule has 1 saturated heterocycles. The van der Waals surface area contributed by atoms with Crippen molar-refractivity contribution in [3.63, 3.8) is 0 Å². The minimum atomic E-state index is 0.703. The lowest BCUT2D eigenvalue weighted by molar-refractivity contribution is 0.239. The molecule has 2 heterocycles. The maximum Gasteiger partial charge on any atom is 0.0241 e. The van der Waals surface area contributed by atoms with Gasteiger partial charge in [0, 0.05) is 25.7 Å². The zero-order chi connectivity index (χ0) is 11.0. The fourth-order valence-electron chi connectivity index (χ4n) is 2.95. The minimum Gasteiger partial charge on any atom is -0.312 e. The molecule has 1 aromatic carbocycles. The Morgan fingerprint density at radius 2 is 1.94 bits per heavy atom. The summed E-state index contributed by atoms with van der Waals surface area (Å²) in [5.41, 5.74) is 3.04. The van der Waals surface area contributed by atoms with E-state index >= 15 is 0 Å². The highest BCUT2D eigenvalue weighted by Gasteiger charge is 2.27. The number of hydrogen-bond acceptors (Lipinski definition) is 2. The molecule has 0 saturated carbocycles. The molecule has 0 amide bonds. The molecule has 0 aliphatic carbocycles. The van der Waals surface area contributed by atoms with Crippen LogP contribution >= 0.6 is 0 Å². The largest absolute Gasteiger partial charge is 0.312 e. The maximum atomic E-state index is 3.62. The number of hydrogen-bond donors (Lipinski definition) is 1. The summed E-state index contributed by atoms with van der Waals surface area (Å²) in [5, 5.41) is 3.62. The van der Waals surface area contributed by atoms with Crippen molar-refractivity contribution in [2.45, 2.75) is 32.5 Å². The molecule has 86 valence electrons. The molecule has 0 bridgehead atoms. The maximum absolute atomic E-state index is 3.62. The molecule has 1 aromatic rings. The van der Waals surface area contributed by atoms with Crippen molar-refractivity contribution in [1.82, 2.24) is 10.2 Å². The summed E-state index contributed by atoms with van der Waals surface area (Å²) in [6, 6.07) is 9.54. The monoisotopic (exact) mass is 216 g/mol. The normalized spacial score (nSPS) is 29.6. The highest BCUT2D eigenvalue weighted by atomic mass is 15.2. The number of rotatable bonds is 2. The van der Waals surface area contributed by atoms with Gasteiger partial charge in [-0.3, -0.25) is 4.90 Å². The van der Waals surface area contributed by atoms with Gasteiger partial charge >= 0.3 is 0 Å². The van der Waals surface area contributed by atoms with Crippen LogP contribution in [-0.2, 0) is 13.1 Å². The lowest BCUT2D eigenvalue weighted by Gasteiger charge is -2.23. The van der Waals surface area contributed by atoms with Crippen LogP contribution in [0, 0.1) is 5.92 Å². The number of nitrogens with one attached hydrogen (secondary N) is 1. The standard InChI is InChI=1S/C14H20N2/c1-11-6-7-15-14(11)10-16-8-12-4-2-3-5-13(12)9-16/h2-5,11,14-15H,6-10H2,1H3. The third-order valence-corrected chi connectivity index (χ3v) is 4.05. The Balaban J connectivity index is 1.63. The van der Waals surface area contributed by atoms with Crippen molar-refractivity contribution < 1.29 is 0 Å². The van der Waals surface area contributed by atoms with Crippen LogP contribution in [0.2, 0.25) is 0 Å². The van der Waals surface area contributed by atoms with Gasteiger partial charge in [-0.25, -0.2) is 0 Å². The van der Waals surface area contributed by atoms with Gasteiger partial charge in [0.2, 0.25) is 0 Å². The van der Waals surface area contributed by atoms with Crippen LogP contribution in [-0.4, -0.2) is 24.0 Å². The van der Waals surface area contributed by atoms with Gasteiger partial charge in [0.25, 0.3) is 0 Å². The third-order valence-electron chi connectivity index (χ3n) is 4.05. The van der Waals surface area contributed by atoms with E-state index < -0.39 is 0 Å². The van der Waals surface area contributed by atoms with Gasteiger partial charge in [0.15, 0.2) is 0 Å². The summed E-state index contributed by atoms with van der Waals surface area (Å²) < 4.78 is 0. The number of benzene rings is 1. The van der Waals surface area contributed by atoms with Gasteiger partial charge in [-0.1, -0.05) is 31.2 Å². The Morgan fingerprint density at radius 1 is 1.25 bits per heavy atom. The van der Waals surface area contributed by atoms with Crippen LogP contribution in [0.5, 0.6) is 0 Å². The van der Waals surface area contributed by atoms with Crippen LogP contribution in [0.15, 0.2) is 24.3 Å². The molecule has 1 fully saturated rings. The van der Waals surface area contributed by atoms with Gasteiger partial charge in [0.1, 0.15) is 0 Å². The van der Waals surface area contributed by atoms with Gasteiger partial charge in [-0.2, -0.15) is 0 Å². The molecule has 0 radical (unpaired) electrons. The van der Waals surface area contributed by atoms with Gasteiger partial charge in [0.05, 0.1) is 0 Å². The summed E-state index contributed by atoms with van der Waals surface area (Å²) in [6.07, 6.45) is 1.34. The summed E-state index contributed by atoms with van der Waals surface area (Å²) in [5.74, 6) is 0.837. The minimum absolute atomic E-state index is 0.703. The zero-order valence-corrected chi connectivity index (χ0v) is 9.95. The van der Waals surface area contributed by atoms with E-state index in [1.54, 1.807) is 0 Å². The molecule has 2 aliphatic heterocycles. The highest BCUT2D eigenvalue weighted by Crippen LogP contribution is 2.24. The van der Waals surface area contributed by atoms with E-state index in [0.29, 0.717) is 6.04 Å². The van der Waals surface area contributed by atoms with E-state index in [9.17, 15) is 0 Å². The first kappa shape index (κ1) is 10.3. The predicted octanol–water partition coefficient (Wildman–Crippen LogP) is 2.00. The number of fused-ring (bicyclic) bond motifs is 1. The van der Waals surface area contributed by atoms with Gasteiger partial charge < -0.3 is 5.32 Å². The Labute approximate surface area is 97.6 Å². The first-order chi connectivity index (χ1) is 7.83. The Morgan fingerprint density at radius 3 is 2.50 bits per heavy atom. The van der Waals surface area contributed by atoms with Gasteiger partial charge in [-0.05, 0) is 30.0 Å². The lowest BCUT2D eigenvalue weighted by Crippen LogP contribution is -2.37. The molecule has 2 aliphatic rings. The van der Waals surface area contributed by atoms with Crippen LogP contribution in [0.3, 0.4) is 0 Å². The quantitative estimate of drug-likeness (QED) is 0.813. The van der Waals surface area contributed by atoms with Crippen molar-refractivity contribution in [2.75, 3.05) is 13.1 Å². The average Bonchev–Trinajstić information content (AvgIpc) is 2.85. The molecule has 16 heavy (non-hydrogen) atoms. The van der Waals surface area contributed by atoms with Crippen molar-refractivity contribution >= 4 is 0 Å². The SMILES string of the molecule is CC1CCNC1CN1Cc2ccccc2C1. The molecule has 2 nitrogen and oxygen atoms in total. The summed E-state index contributed by atoms with van der Waals surface area (Å²) >= 11 is 0. The Bertz CT molecular complexity index is 350. The van der Waals surface area contributed by atoms with Crippen LogP contribution in [0.4, 0.5) is 0 Å². The molecule has 1 N–H and O–H groups in total. The molecular formula is C14H20N2. The number of nitrogens with zero attached hydrogens (tertiary/aromatic N) is 1. The third kappa shape index (κ3) is 1.87. The van der Waals surface area contributed by atoms with Crippen LogP contribution in [0.1, 0.15) is 24.5 Å². The summed E-state index contributed by atoms with van der Waals surface area (Å²) in [6.45, 7) is 7.05. The Hall–Kier alpha value is -0.860. The van der Waals surface area contributed by atoms with E-state index in [2.05, 4.69) is 41.4 Å². The second-order valence-corrected chi connectivity index (χ2v) is 5.26. The average molecular weight is 216 g/mol. The molecule has 0 aromatic heterocycles. The zero-order valence-electron chi connectivity index (χ0n) is 9.95. The molecular weight excluding hydrogens is 196 g/mol. The molecule has 0 spiro atoms. The molecule has 3 rings (SSSR count). The topological polar surface area (TPSA) is 15.3 Å². The van der Waals surface area contributed by atoms with Crippen molar-refractivity contribution in [1.29, 1.82) is 0 Å². The first-order valence-corrected chi connectivity index (χ1v) is 6.35. The van der Waals surface area contributed by atoms with E-state index in [1.807, 2.05) is 0 Å². The van der Waals surface area contributed by atoms with E-state index in [-0.39, 0.29) is 0 Å². The van der Waals surface area contributed by atoms with E-state index in [4.69, 9.17) is 0 Å². The highest BCUT2D eigenvalue weighted by molar-refractivity contribution is 5.30. The Kier molecular flexibility index (Phi) is 2.70. The van der Waals surface area contributed by atoms with E-state index in [0.717, 1.165) is 19.0 Å². The fraction of sp³-hybridized carbons (Fsp3) is 0.571. The summed E-state index contributed by atoms with van der Waals surface area (Å²) in [4.78, 5) is 2.57. The van der Waals surface area contributed by atoms with Crippen molar-refractivity contribution in [3.05, 3.63) is 35.4 Å². The molecule has 2 unspecified atom stereocenters. The van der Waals surface area contributed by atoms with E-state index in [1.165, 1.54) is 30.6 Å². The predicted molar refractivity (Wildman–Crippen MR) is 66.1 cm³/mol. The fourth-order valence-corrected chi connectivity index (χ4v) is 2.95. The second-order valence-electron chi connectivity index (χ2n) is 5.26. The first-order valence-electron chi connectivity index (χ1n) is 6.35. The van der Waals surface area contributed by atoms with Crippen LogP contribution < -0.4 is 5.32 Å². The molecule has 2 heteroatoms. The van der Waals surface area contributed by atoms with Crippen molar-refractivity contribution in [3.8, 4) is 0 Å². The lowest BCUT2D eigenvalue weighted by atomic mass is 10.0. The molecule has 2 atom stereocenters.